The van der Waals surface area contributed by atoms with Crippen LogP contribution in [0.2, 0.25) is 0 Å². The molecule has 0 bridgehead atoms. The molecule has 1 N–H and O–H groups in total. The van der Waals surface area contributed by atoms with E-state index in [1.807, 2.05) is 0 Å². The minimum Gasteiger partial charge on any atom is -0.446 e. The highest BCUT2D eigenvalue weighted by molar-refractivity contribution is 5.63. The molecule has 0 heterocycles. The first kappa shape index (κ1) is 6.27. The van der Waals surface area contributed by atoms with Gasteiger partial charge in [-0.2, -0.15) is 0 Å². The minimum atomic E-state index is -0.963. The number of hydrogen-bond donors (Lipinski definition) is 0. The van der Waals surface area contributed by atoms with Crippen LogP contribution in [-0.4, -0.2) is 12.2 Å². The van der Waals surface area contributed by atoms with Gasteiger partial charge in [-0.05, 0) is 13.8 Å². The summed E-state index contributed by atoms with van der Waals surface area (Å²) in [5.41, 5.74) is 6.25. The van der Waals surface area contributed by atoms with Crippen LogP contribution < -0.4 is 5.73 Å². The first-order valence-corrected chi connectivity index (χ1v) is 2.05. The van der Waals surface area contributed by atoms with E-state index in [-0.39, 0.29) is 6.10 Å². The molecule has 0 unspecified atom stereocenters. The lowest BCUT2D eigenvalue weighted by atomic mass is 10.5. The molecule has 41 valence electrons. The maximum Gasteiger partial charge on any atom is 0.426 e. The molecule has 0 fully saturated rings. The topological polar surface area (TPSA) is 50.1 Å². The van der Waals surface area contributed by atoms with Crippen LogP contribution in [0.3, 0.4) is 0 Å². The van der Waals surface area contributed by atoms with Gasteiger partial charge in [-0.15, -0.1) is 0 Å². The Hall–Kier alpha value is -0.730. The van der Waals surface area contributed by atoms with E-state index in [1.54, 1.807) is 13.8 Å². The van der Waals surface area contributed by atoms with E-state index in [2.05, 4.69) is 4.74 Å². The fraction of sp³-hybridized carbons (Fsp3) is 0.750. The smallest absolute Gasteiger partial charge is 0.426 e. The molecule has 0 aliphatic heterocycles. The van der Waals surface area contributed by atoms with Gasteiger partial charge in [-0.25, -0.2) is 10.5 Å². The molecule has 1 amide bonds. The Labute approximate surface area is 42.4 Å². The number of hydrogen-bond acceptors (Lipinski definition) is 2. The van der Waals surface area contributed by atoms with Crippen molar-refractivity contribution < 1.29 is 9.53 Å². The molecule has 0 aliphatic rings. The molecule has 3 heteroatoms. The van der Waals surface area contributed by atoms with Crippen LogP contribution in [0.4, 0.5) is 4.79 Å². The van der Waals surface area contributed by atoms with E-state index >= 15 is 0 Å². The van der Waals surface area contributed by atoms with Crippen molar-refractivity contribution >= 4 is 6.09 Å². The highest BCUT2D eigenvalue weighted by Crippen LogP contribution is 1.84. The number of carbonyl (C=O) groups excluding carboxylic acids is 1. The van der Waals surface area contributed by atoms with Gasteiger partial charge in [0.05, 0.1) is 6.10 Å². The Balaban J connectivity index is 3.13. The number of carbonyl (C=O) groups is 1. The molecule has 0 rings (SSSR count). The van der Waals surface area contributed by atoms with Crippen molar-refractivity contribution in [1.82, 2.24) is 5.73 Å². The van der Waals surface area contributed by atoms with Crippen LogP contribution in [0.1, 0.15) is 13.8 Å². The molecule has 0 aromatic carbocycles. The molecular weight excluding hydrogens is 94.0 g/mol. The summed E-state index contributed by atoms with van der Waals surface area (Å²) in [7, 11) is 0. The minimum absolute atomic E-state index is 0.162. The van der Waals surface area contributed by atoms with Gasteiger partial charge >= 0.3 is 6.09 Å². The maximum atomic E-state index is 9.70. The Morgan fingerprint density at radius 1 is 1.71 bits per heavy atom. The van der Waals surface area contributed by atoms with Crippen molar-refractivity contribution in [3.05, 3.63) is 0 Å². The lowest BCUT2D eigenvalue weighted by Crippen LogP contribution is -2.09. The number of amides is 1. The molecule has 0 aromatic rings. The standard InChI is InChI=1S/C4H8NO2/c1-3(2)7-4(5)6/h3,5H,1-2H3. The lowest BCUT2D eigenvalue weighted by molar-refractivity contribution is 0.123. The van der Waals surface area contributed by atoms with Crippen LogP contribution in [-0.2, 0) is 4.74 Å². The third kappa shape index (κ3) is 5.27. The fourth-order valence-corrected chi connectivity index (χ4v) is 0.214. The van der Waals surface area contributed by atoms with Gasteiger partial charge < -0.3 is 4.74 Å². The molecule has 1 radical (unpaired) electrons. The molecular formula is C4H8NO2. The summed E-state index contributed by atoms with van der Waals surface area (Å²) in [5.74, 6) is 0. The second-order valence-corrected chi connectivity index (χ2v) is 1.45. The highest BCUT2D eigenvalue weighted by Gasteiger charge is 1.95. The summed E-state index contributed by atoms with van der Waals surface area (Å²) in [6.07, 6.45) is -1.13. The summed E-state index contributed by atoms with van der Waals surface area (Å²) in [6.45, 7) is 3.40. The first-order valence-electron chi connectivity index (χ1n) is 2.05. The third-order valence-corrected chi connectivity index (χ3v) is 0.343. The zero-order valence-electron chi connectivity index (χ0n) is 4.39. The third-order valence-electron chi connectivity index (χ3n) is 0.343. The molecule has 0 saturated carbocycles. The lowest BCUT2D eigenvalue weighted by Gasteiger charge is -2.00. The zero-order valence-corrected chi connectivity index (χ0v) is 4.39. The molecule has 0 spiro atoms. The first-order chi connectivity index (χ1) is 3.13. The SMILES string of the molecule is CC(C)OC([NH])=O. The molecule has 0 saturated heterocycles. The van der Waals surface area contributed by atoms with Gasteiger partial charge in [-0.3, -0.25) is 0 Å². The van der Waals surface area contributed by atoms with E-state index < -0.39 is 6.09 Å². The van der Waals surface area contributed by atoms with Gasteiger partial charge in [0.25, 0.3) is 0 Å². The molecule has 0 aliphatic carbocycles. The van der Waals surface area contributed by atoms with Crippen molar-refractivity contribution in [2.24, 2.45) is 0 Å². The summed E-state index contributed by atoms with van der Waals surface area (Å²) < 4.78 is 4.28. The largest absolute Gasteiger partial charge is 0.446 e. The Bertz CT molecular complexity index is 70.1. The van der Waals surface area contributed by atoms with Crippen LogP contribution in [0.5, 0.6) is 0 Å². The molecule has 0 aromatic heterocycles. The Kier molecular flexibility index (Phi) is 2.19. The fourth-order valence-electron chi connectivity index (χ4n) is 0.214. The summed E-state index contributed by atoms with van der Waals surface area (Å²) in [4.78, 5) is 9.70. The zero-order chi connectivity index (χ0) is 5.86. The second-order valence-electron chi connectivity index (χ2n) is 1.45. The molecule has 0 atom stereocenters. The van der Waals surface area contributed by atoms with Crippen LogP contribution in [0.25, 0.3) is 0 Å². The highest BCUT2D eigenvalue weighted by atomic mass is 16.6. The van der Waals surface area contributed by atoms with Gasteiger partial charge in [0.15, 0.2) is 0 Å². The van der Waals surface area contributed by atoms with Crippen molar-refractivity contribution in [2.45, 2.75) is 20.0 Å². The van der Waals surface area contributed by atoms with Crippen LogP contribution >= 0.6 is 0 Å². The Morgan fingerprint density at radius 3 is 2.14 bits per heavy atom. The van der Waals surface area contributed by atoms with E-state index in [4.69, 9.17) is 5.73 Å². The number of rotatable bonds is 1. The monoisotopic (exact) mass is 102 g/mol. The average Bonchev–Trinajstić information content (AvgIpc) is 1.27. The van der Waals surface area contributed by atoms with Gasteiger partial charge in [0.2, 0.25) is 0 Å². The van der Waals surface area contributed by atoms with E-state index in [1.165, 1.54) is 0 Å². The van der Waals surface area contributed by atoms with Crippen LogP contribution in [0, 0.1) is 0 Å². The van der Waals surface area contributed by atoms with Crippen molar-refractivity contribution in [2.75, 3.05) is 0 Å². The second kappa shape index (κ2) is 2.44. The summed E-state index contributed by atoms with van der Waals surface area (Å²) in [5, 5.41) is 0. The van der Waals surface area contributed by atoms with Gasteiger partial charge in [-0.1, -0.05) is 0 Å². The average molecular weight is 102 g/mol. The quantitative estimate of drug-likeness (QED) is 0.492. The summed E-state index contributed by atoms with van der Waals surface area (Å²) in [6, 6.07) is 0. The van der Waals surface area contributed by atoms with E-state index in [0.717, 1.165) is 0 Å². The van der Waals surface area contributed by atoms with Crippen LogP contribution in [0.15, 0.2) is 0 Å². The Morgan fingerprint density at radius 2 is 2.14 bits per heavy atom. The van der Waals surface area contributed by atoms with Crippen molar-refractivity contribution in [1.29, 1.82) is 0 Å². The summed E-state index contributed by atoms with van der Waals surface area (Å²) >= 11 is 0. The predicted octanol–water partition coefficient (Wildman–Crippen LogP) is 0.814. The van der Waals surface area contributed by atoms with Gasteiger partial charge in [0.1, 0.15) is 0 Å². The van der Waals surface area contributed by atoms with Crippen molar-refractivity contribution in [3.63, 3.8) is 0 Å². The molecule has 7 heavy (non-hydrogen) atoms. The van der Waals surface area contributed by atoms with Crippen molar-refractivity contribution in [3.8, 4) is 0 Å². The number of nitrogens with one attached hydrogen (secondary N) is 1. The number of ether oxygens (including phenoxy) is 1. The van der Waals surface area contributed by atoms with E-state index in [0.29, 0.717) is 0 Å². The predicted molar refractivity (Wildman–Crippen MR) is 24.7 cm³/mol. The van der Waals surface area contributed by atoms with E-state index in [9.17, 15) is 4.79 Å². The maximum absolute atomic E-state index is 9.70. The van der Waals surface area contributed by atoms with Gasteiger partial charge in [0, 0.05) is 0 Å². The normalized spacial score (nSPS) is 9.00. The molecule has 3 nitrogen and oxygen atoms in total.